The number of Topliss-reactive ketones (excluding diaryl/α,β-unsaturated/α-hetero) is 1. The van der Waals surface area contributed by atoms with Gasteiger partial charge in [-0.1, -0.05) is 12.1 Å². The first-order chi connectivity index (χ1) is 13.5. The van der Waals surface area contributed by atoms with Crippen molar-refractivity contribution < 1.29 is 33.3 Å². The quantitative estimate of drug-likeness (QED) is 0.372. The van der Waals surface area contributed by atoms with Crippen molar-refractivity contribution in [3.05, 3.63) is 53.6 Å². The topological polar surface area (TPSA) is 80.3 Å². The Balaban J connectivity index is 2.01. The lowest BCUT2D eigenvalue weighted by Crippen LogP contribution is -2.12. The fourth-order valence-electron chi connectivity index (χ4n) is 2.48. The van der Waals surface area contributed by atoms with E-state index in [-0.39, 0.29) is 5.78 Å². The molecule has 0 atom stereocenters. The van der Waals surface area contributed by atoms with E-state index in [0.29, 0.717) is 34.1 Å². The number of hydrogen-bond acceptors (Lipinski definition) is 7. The second-order valence-corrected chi connectivity index (χ2v) is 5.52. The van der Waals surface area contributed by atoms with Crippen LogP contribution in [0.5, 0.6) is 23.0 Å². The molecule has 0 bridgehead atoms. The summed E-state index contributed by atoms with van der Waals surface area (Å²) in [4.78, 5) is 24.2. The fourth-order valence-corrected chi connectivity index (χ4v) is 2.48. The fraction of sp³-hybridized carbons (Fsp3) is 0.238. The summed E-state index contributed by atoms with van der Waals surface area (Å²) < 4.78 is 25.8. The van der Waals surface area contributed by atoms with Crippen molar-refractivity contribution in [2.24, 2.45) is 0 Å². The third-order valence-electron chi connectivity index (χ3n) is 3.88. The lowest BCUT2D eigenvalue weighted by atomic mass is 10.1. The summed E-state index contributed by atoms with van der Waals surface area (Å²) in [5.41, 5.74) is 0.994. The zero-order chi connectivity index (χ0) is 20.5. The number of benzene rings is 2. The van der Waals surface area contributed by atoms with Crippen LogP contribution in [-0.2, 0) is 9.53 Å². The number of para-hydroxylation sites is 1. The summed E-state index contributed by atoms with van der Waals surface area (Å²) in [5.74, 6) is 0.952. The molecule has 2 aromatic carbocycles. The smallest absolute Gasteiger partial charge is 0.331 e. The van der Waals surface area contributed by atoms with Crippen LogP contribution in [0.25, 0.3) is 6.08 Å². The molecule has 0 spiro atoms. The Morgan fingerprint density at radius 3 is 2.21 bits per heavy atom. The lowest BCUT2D eigenvalue weighted by Gasteiger charge is -2.10. The number of esters is 1. The summed E-state index contributed by atoms with van der Waals surface area (Å²) in [5, 5.41) is 0. The molecule has 7 nitrogen and oxygen atoms in total. The van der Waals surface area contributed by atoms with Crippen LogP contribution >= 0.6 is 0 Å². The molecule has 148 valence electrons. The number of carbonyl (C=O) groups excluding carboxylic acids is 2. The van der Waals surface area contributed by atoms with Gasteiger partial charge >= 0.3 is 5.97 Å². The minimum absolute atomic E-state index is 0.351. The molecular formula is C21H22O7. The molecule has 0 radical (unpaired) electrons. The molecule has 7 heteroatoms. The van der Waals surface area contributed by atoms with Crippen molar-refractivity contribution in [1.82, 2.24) is 0 Å². The molecule has 0 heterocycles. The molecule has 0 amide bonds. The first-order valence-electron chi connectivity index (χ1n) is 8.35. The van der Waals surface area contributed by atoms with Crippen molar-refractivity contribution in [1.29, 1.82) is 0 Å². The molecule has 0 unspecified atom stereocenters. The van der Waals surface area contributed by atoms with E-state index < -0.39 is 12.6 Å². The van der Waals surface area contributed by atoms with Gasteiger partial charge in [0.25, 0.3) is 0 Å². The van der Waals surface area contributed by atoms with Gasteiger partial charge in [-0.15, -0.1) is 0 Å². The lowest BCUT2D eigenvalue weighted by molar-refractivity contribution is -0.136. The Kier molecular flexibility index (Phi) is 7.45. The van der Waals surface area contributed by atoms with Crippen LogP contribution in [-0.4, -0.2) is 46.8 Å². The number of carbonyl (C=O) groups is 2. The first-order valence-corrected chi connectivity index (χ1v) is 8.35. The molecule has 0 fully saturated rings. The average Bonchev–Trinajstić information content (AvgIpc) is 2.74. The number of ketones is 1. The molecule has 0 N–H and O–H groups in total. The summed E-state index contributed by atoms with van der Waals surface area (Å²) in [7, 11) is 6.02. The maximum absolute atomic E-state index is 12.2. The second-order valence-electron chi connectivity index (χ2n) is 5.52. The van der Waals surface area contributed by atoms with Gasteiger partial charge < -0.3 is 23.7 Å². The zero-order valence-electron chi connectivity index (χ0n) is 16.2. The Morgan fingerprint density at radius 1 is 0.857 bits per heavy atom. The van der Waals surface area contributed by atoms with E-state index in [4.69, 9.17) is 23.7 Å². The van der Waals surface area contributed by atoms with Crippen molar-refractivity contribution in [2.75, 3.05) is 35.0 Å². The van der Waals surface area contributed by atoms with E-state index in [2.05, 4.69) is 0 Å². The van der Waals surface area contributed by atoms with Gasteiger partial charge in [-0.3, -0.25) is 4.79 Å². The standard InChI is InChI=1S/C21H22O7/c1-24-17-10-8-15(12-19(17)26-3)16(22)13-28-20(23)11-9-14-6-5-7-18(25-2)21(14)27-4/h5-12H,13H2,1-4H3/b11-9+. The van der Waals surface area contributed by atoms with E-state index in [9.17, 15) is 9.59 Å². The Hall–Kier alpha value is -3.48. The van der Waals surface area contributed by atoms with Crippen LogP contribution < -0.4 is 18.9 Å². The SMILES string of the molecule is COc1ccc(C(=O)COC(=O)/C=C/c2cccc(OC)c2OC)cc1OC. The molecule has 0 saturated carbocycles. The molecule has 28 heavy (non-hydrogen) atoms. The number of rotatable bonds is 9. The maximum atomic E-state index is 12.2. The zero-order valence-corrected chi connectivity index (χ0v) is 16.2. The van der Waals surface area contributed by atoms with Crippen molar-refractivity contribution in [2.45, 2.75) is 0 Å². The third-order valence-corrected chi connectivity index (χ3v) is 3.88. The first kappa shape index (κ1) is 20.8. The highest BCUT2D eigenvalue weighted by molar-refractivity contribution is 5.99. The molecule has 0 saturated heterocycles. The summed E-state index contributed by atoms with van der Waals surface area (Å²) in [6.07, 6.45) is 2.75. The highest BCUT2D eigenvalue weighted by atomic mass is 16.5. The summed E-state index contributed by atoms with van der Waals surface area (Å²) in [6, 6.07) is 10.0. The van der Waals surface area contributed by atoms with E-state index in [1.807, 2.05) is 0 Å². The highest BCUT2D eigenvalue weighted by Gasteiger charge is 2.13. The van der Waals surface area contributed by atoms with E-state index in [1.54, 1.807) is 30.3 Å². The van der Waals surface area contributed by atoms with E-state index in [1.165, 1.54) is 46.7 Å². The monoisotopic (exact) mass is 386 g/mol. The third kappa shape index (κ3) is 5.03. The summed E-state index contributed by atoms with van der Waals surface area (Å²) >= 11 is 0. The van der Waals surface area contributed by atoms with Gasteiger partial charge in [0.15, 0.2) is 35.4 Å². The predicted octanol–water partition coefficient (Wildman–Crippen LogP) is 3.16. The maximum Gasteiger partial charge on any atom is 0.331 e. The van der Waals surface area contributed by atoms with Crippen LogP contribution in [0.2, 0.25) is 0 Å². The van der Waals surface area contributed by atoms with Gasteiger partial charge in [0.05, 0.1) is 28.4 Å². The van der Waals surface area contributed by atoms with E-state index >= 15 is 0 Å². The minimum Gasteiger partial charge on any atom is -0.493 e. The Bertz CT molecular complexity index is 871. The molecule has 2 aromatic rings. The minimum atomic E-state index is -0.654. The van der Waals surface area contributed by atoms with Crippen LogP contribution in [0.3, 0.4) is 0 Å². The average molecular weight is 386 g/mol. The van der Waals surface area contributed by atoms with E-state index in [0.717, 1.165) is 0 Å². The molecule has 2 rings (SSSR count). The van der Waals surface area contributed by atoms with Crippen LogP contribution in [0, 0.1) is 0 Å². The van der Waals surface area contributed by atoms with Gasteiger partial charge in [0.2, 0.25) is 0 Å². The normalized spacial score (nSPS) is 10.4. The molecule has 0 aliphatic rings. The number of hydrogen-bond donors (Lipinski definition) is 0. The molecule has 0 aliphatic heterocycles. The van der Waals surface area contributed by atoms with Crippen molar-refractivity contribution in [3.8, 4) is 23.0 Å². The van der Waals surface area contributed by atoms with Gasteiger partial charge in [0, 0.05) is 17.2 Å². The molecule has 0 aromatic heterocycles. The van der Waals surface area contributed by atoms with Gasteiger partial charge in [-0.05, 0) is 30.3 Å². The summed E-state index contributed by atoms with van der Waals surface area (Å²) in [6.45, 7) is -0.395. The van der Waals surface area contributed by atoms with Crippen LogP contribution in [0.4, 0.5) is 0 Å². The van der Waals surface area contributed by atoms with Crippen LogP contribution in [0.15, 0.2) is 42.5 Å². The Morgan fingerprint density at radius 2 is 1.57 bits per heavy atom. The molecule has 0 aliphatic carbocycles. The van der Waals surface area contributed by atoms with Crippen LogP contribution in [0.1, 0.15) is 15.9 Å². The van der Waals surface area contributed by atoms with Crippen molar-refractivity contribution >= 4 is 17.8 Å². The van der Waals surface area contributed by atoms with Crippen molar-refractivity contribution in [3.63, 3.8) is 0 Å². The van der Waals surface area contributed by atoms with Gasteiger partial charge in [-0.25, -0.2) is 4.79 Å². The highest BCUT2D eigenvalue weighted by Crippen LogP contribution is 2.31. The Labute approximate surface area is 163 Å². The largest absolute Gasteiger partial charge is 0.493 e. The van der Waals surface area contributed by atoms with Gasteiger partial charge in [0.1, 0.15) is 0 Å². The molecular weight excluding hydrogens is 364 g/mol. The number of methoxy groups -OCH3 is 4. The second kappa shape index (κ2) is 10.0. The van der Waals surface area contributed by atoms with Gasteiger partial charge in [-0.2, -0.15) is 0 Å². The number of ether oxygens (including phenoxy) is 5. The predicted molar refractivity (Wildman–Crippen MR) is 103 cm³/mol.